The fraction of sp³-hybridized carbons (Fsp3) is 0.238. The number of methoxy groups -OCH3 is 1. The summed E-state index contributed by atoms with van der Waals surface area (Å²) in [5.41, 5.74) is 3.53. The summed E-state index contributed by atoms with van der Waals surface area (Å²) in [6, 6.07) is 12.7. The van der Waals surface area contributed by atoms with Gasteiger partial charge in [-0.25, -0.2) is 4.79 Å². The Morgan fingerprint density at radius 2 is 1.68 bits per heavy atom. The Balaban J connectivity index is 1.97. The van der Waals surface area contributed by atoms with Gasteiger partial charge in [0, 0.05) is 11.6 Å². The summed E-state index contributed by atoms with van der Waals surface area (Å²) in [6.07, 6.45) is 2.11. The molecule has 2 aromatic rings. The van der Waals surface area contributed by atoms with Gasteiger partial charge in [0.15, 0.2) is 6.10 Å². The molecular weight excluding hydrogens is 316 g/mol. The molecule has 130 valence electrons. The molecule has 0 aliphatic heterocycles. The van der Waals surface area contributed by atoms with Gasteiger partial charge in [0.25, 0.3) is 0 Å². The van der Waals surface area contributed by atoms with Crippen LogP contribution in [0.2, 0.25) is 0 Å². The second-order valence-corrected chi connectivity index (χ2v) is 5.85. The maximum atomic E-state index is 12.4. The van der Waals surface area contributed by atoms with Crippen molar-refractivity contribution in [3.63, 3.8) is 0 Å². The SMILES string of the molecule is COc1ccc(/C=C/C(=O)O[C@H](C)C(=O)c2ccc(C)c(C)c2)cc1. The summed E-state index contributed by atoms with van der Waals surface area (Å²) in [5, 5.41) is 0. The molecule has 0 radical (unpaired) electrons. The molecule has 4 heteroatoms. The molecule has 0 amide bonds. The number of carbonyl (C=O) groups excluding carboxylic acids is 2. The van der Waals surface area contributed by atoms with Crippen molar-refractivity contribution in [1.29, 1.82) is 0 Å². The zero-order valence-corrected chi connectivity index (χ0v) is 14.9. The van der Waals surface area contributed by atoms with Crippen LogP contribution in [0.15, 0.2) is 48.5 Å². The van der Waals surface area contributed by atoms with E-state index in [-0.39, 0.29) is 5.78 Å². The van der Waals surface area contributed by atoms with Crippen LogP contribution in [0, 0.1) is 13.8 Å². The van der Waals surface area contributed by atoms with Gasteiger partial charge in [-0.1, -0.05) is 24.3 Å². The number of hydrogen-bond acceptors (Lipinski definition) is 4. The average molecular weight is 338 g/mol. The Morgan fingerprint density at radius 1 is 1.00 bits per heavy atom. The molecule has 0 spiro atoms. The highest BCUT2D eigenvalue weighted by molar-refractivity contribution is 6.01. The third kappa shape index (κ3) is 5.05. The zero-order chi connectivity index (χ0) is 18.4. The van der Waals surface area contributed by atoms with E-state index in [1.54, 1.807) is 38.3 Å². The minimum Gasteiger partial charge on any atom is -0.497 e. The zero-order valence-electron chi connectivity index (χ0n) is 14.9. The lowest BCUT2D eigenvalue weighted by Crippen LogP contribution is -2.23. The second-order valence-electron chi connectivity index (χ2n) is 5.85. The van der Waals surface area contributed by atoms with Gasteiger partial charge in [-0.3, -0.25) is 4.79 Å². The first-order valence-corrected chi connectivity index (χ1v) is 8.05. The first kappa shape index (κ1) is 18.5. The summed E-state index contributed by atoms with van der Waals surface area (Å²) in [7, 11) is 1.59. The standard InChI is InChI=1S/C21H22O4/c1-14-5-9-18(13-15(14)2)21(23)16(3)25-20(22)12-8-17-6-10-19(24-4)11-7-17/h5-13,16H,1-4H3/b12-8+/t16-/m1/s1. The number of benzene rings is 2. The molecule has 0 N–H and O–H groups in total. The number of ether oxygens (including phenoxy) is 2. The summed E-state index contributed by atoms with van der Waals surface area (Å²) in [5.74, 6) is -0.0258. The van der Waals surface area contributed by atoms with E-state index in [2.05, 4.69) is 0 Å². The number of esters is 1. The number of rotatable bonds is 6. The van der Waals surface area contributed by atoms with Crippen LogP contribution >= 0.6 is 0 Å². The highest BCUT2D eigenvalue weighted by Gasteiger charge is 2.18. The van der Waals surface area contributed by atoms with Gasteiger partial charge >= 0.3 is 5.97 Å². The fourth-order valence-electron chi connectivity index (χ4n) is 2.28. The van der Waals surface area contributed by atoms with Gasteiger partial charge < -0.3 is 9.47 Å². The lowest BCUT2D eigenvalue weighted by atomic mass is 10.0. The molecule has 0 saturated carbocycles. The van der Waals surface area contributed by atoms with Gasteiger partial charge in [0.05, 0.1) is 7.11 Å². The summed E-state index contributed by atoms with van der Waals surface area (Å²) in [4.78, 5) is 24.3. The molecule has 1 atom stereocenters. The van der Waals surface area contributed by atoms with Crippen LogP contribution in [-0.4, -0.2) is 25.0 Å². The summed E-state index contributed by atoms with van der Waals surface area (Å²) < 4.78 is 10.3. The Labute approximate surface area is 148 Å². The quantitative estimate of drug-likeness (QED) is 0.451. The van der Waals surface area contributed by atoms with E-state index in [0.717, 1.165) is 22.4 Å². The number of hydrogen-bond donors (Lipinski definition) is 0. The smallest absolute Gasteiger partial charge is 0.331 e. The minimum absolute atomic E-state index is 0.214. The summed E-state index contributed by atoms with van der Waals surface area (Å²) >= 11 is 0. The van der Waals surface area contributed by atoms with Crippen molar-refractivity contribution in [2.75, 3.05) is 7.11 Å². The van der Waals surface area contributed by atoms with E-state index in [0.29, 0.717) is 5.56 Å². The Bertz CT molecular complexity index is 788. The molecule has 0 fully saturated rings. The molecular formula is C21H22O4. The molecule has 0 unspecified atom stereocenters. The van der Waals surface area contributed by atoms with Crippen molar-refractivity contribution in [3.05, 3.63) is 70.8 Å². The topological polar surface area (TPSA) is 52.6 Å². The van der Waals surface area contributed by atoms with Crippen molar-refractivity contribution in [3.8, 4) is 5.75 Å². The van der Waals surface area contributed by atoms with E-state index < -0.39 is 12.1 Å². The maximum Gasteiger partial charge on any atom is 0.331 e. The molecule has 0 aliphatic rings. The first-order chi connectivity index (χ1) is 11.9. The number of ketones is 1. The van der Waals surface area contributed by atoms with Crippen molar-refractivity contribution in [2.45, 2.75) is 26.9 Å². The highest BCUT2D eigenvalue weighted by atomic mass is 16.5. The van der Waals surface area contributed by atoms with Crippen LogP contribution in [0.3, 0.4) is 0 Å². The van der Waals surface area contributed by atoms with Crippen LogP contribution in [0.4, 0.5) is 0 Å². The van der Waals surface area contributed by atoms with E-state index in [1.807, 2.05) is 38.1 Å². The second kappa shape index (κ2) is 8.29. The molecule has 2 rings (SSSR count). The van der Waals surface area contributed by atoms with Crippen LogP contribution in [0.1, 0.15) is 34.0 Å². The lowest BCUT2D eigenvalue weighted by Gasteiger charge is -2.12. The predicted octanol–water partition coefficient (Wildman–Crippen LogP) is 4.14. The molecule has 4 nitrogen and oxygen atoms in total. The van der Waals surface area contributed by atoms with Gasteiger partial charge in [-0.2, -0.15) is 0 Å². The van der Waals surface area contributed by atoms with Crippen molar-refractivity contribution in [2.24, 2.45) is 0 Å². The van der Waals surface area contributed by atoms with Crippen LogP contribution < -0.4 is 4.74 Å². The van der Waals surface area contributed by atoms with Gasteiger partial charge in [0.1, 0.15) is 5.75 Å². The average Bonchev–Trinajstić information content (AvgIpc) is 2.62. The number of Topliss-reactive ketones (excluding diaryl/α,β-unsaturated/α-hetero) is 1. The molecule has 0 aliphatic carbocycles. The van der Waals surface area contributed by atoms with Gasteiger partial charge in [0.2, 0.25) is 5.78 Å². The minimum atomic E-state index is -0.838. The van der Waals surface area contributed by atoms with Crippen LogP contribution in [-0.2, 0) is 9.53 Å². The lowest BCUT2D eigenvalue weighted by molar-refractivity contribution is -0.140. The van der Waals surface area contributed by atoms with Crippen LogP contribution in [0.5, 0.6) is 5.75 Å². The Hall–Kier alpha value is -2.88. The molecule has 0 heterocycles. The molecule has 25 heavy (non-hydrogen) atoms. The highest BCUT2D eigenvalue weighted by Crippen LogP contribution is 2.14. The molecule has 2 aromatic carbocycles. The first-order valence-electron chi connectivity index (χ1n) is 8.05. The van der Waals surface area contributed by atoms with Crippen molar-refractivity contribution < 1.29 is 19.1 Å². The molecule has 0 bridgehead atoms. The Morgan fingerprint density at radius 3 is 2.28 bits per heavy atom. The normalized spacial score (nSPS) is 12.0. The maximum absolute atomic E-state index is 12.4. The molecule has 0 saturated heterocycles. The van der Waals surface area contributed by atoms with E-state index >= 15 is 0 Å². The number of carbonyl (C=O) groups is 2. The monoisotopic (exact) mass is 338 g/mol. The number of aryl methyl sites for hydroxylation is 2. The van der Waals surface area contributed by atoms with E-state index in [1.165, 1.54) is 6.08 Å². The molecule has 0 aromatic heterocycles. The van der Waals surface area contributed by atoms with Gasteiger partial charge in [-0.15, -0.1) is 0 Å². The Kier molecular flexibility index (Phi) is 6.12. The largest absolute Gasteiger partial charge is 0.497 e. The van der Waals surface area contributed by atoms with Crippen LogP contribution in [0.25, 0.3) is 6.08 Å². The predicted molar refractivity (Wildman–Crippen MR) is 97.8 cm³/mol. The van der Waals surface area contributed by atoms with Crippen molar-refractivity contribution >= 4 is 17.8 Å². The van der Waals surface area contributed by atoms with Gasteiger partial charge in [-0.05, 0) is 61.7 Å². The third-order valence-corrected chi connectivity index (χ3v) is 3.98. The fourth-order valence-corrected chi connectivity index (χ4v) is 2.28. The van der Waals surface area contributed by atoms with Crippen molar-refractivity contribution in [1.82, 2.24) is 0 Å². The van der Waals surface area contributed by atoms with E-state index in [4.69, 9.17) is 9.47 Å². The van der Waals surface area contributed by atoms with E-state index in [9.17, 15) is 9.59 Å². The summed E-state index contributed by atoms with van der Waals surface area (Å²) in [6.45, 7) is 5.51. The third-order valence-electron chi connectivity index (χ3n) is 3.98.